The van der Waals surface area contributed by atoms with Gasteiger partial charge in [0.05, 0.1) is 25.3 Å². The van der Waals surface area contributed by atoms with Crippen LogP contribution >= 0.6 is 0 Å². The molecule has 0 aromatic heterocycles. The number of hydrogen-bond acceptors (Lipinski definition) is 4. The fourth-order valence-corrected chi connectivity index (χ4v) is 3.88. The summed E-state index contributed by atoms with van der Waals surface area (Å²) in [6, 6.07) is 15.4. The fraction of sp³-hybridized carbons (Fsp3) is 0.348. The number of benzene rings is 2. The second-order valence-corrected chi connectivity index (χ2v) is 7.59. The van der Waals surface area contributed by atoms with E-state index >= 15 is 0 Å². The molecule has 2 fully saturated rings. The number of ether oxygens (including phenoxy) is 1. The highest BCUT2D eigenvalue weighted by molar-refractivity contribution is 6.23. The normalized spacial score (nSPS) is 19.9. The Morgan fingerprint density at radius 1 is 1.07 bits per heavy atom. The van der Waals surface area contributed by atoms with Crippen LogP contribution in [0.15, 0.2) is 54.6 Å². The number of nitrogens with zero attached hydrogens (tertiary/aromatic N) is 2. The molecule has 2 atom stereocenters. The average molecular weight is 392 g/mol. The maximum absolute atomic E-state index is 13.3. The van der Waals surface area contributed by atoms with E-state index < -0.39 is 6.04 Å². The van der Waals surface area contributed by atoms with Crippen LogP contribution in [-0.2, 0) is 14.4 Å². The molecule has 2 unspecified atom stereocenters. The predicted octanol–water partition coefficient (Wildman–Crippen LogP) is 3.33. The van der Waals surface area contributed by atoms with Crippen molar-refractivity contribution in [2.75, 3.05) is 12.0 Å². The Labute approximate surface area is 170 Å². The van der Waals surface area contributed by atoms with Crippen molar-refractivity contribution in [2.24, 2.45) is 5.92 Å². The summed E-state index contributed by atoms with van der Waals surface area (Å²) < 4.78 is 5.15. The van der Waals surface area contributed by atoms with Gasteiger partial charge in [0.25, 0.3) is 5.91 Å². The van der Waals surface area contributed by atoms with E-state index in [2.05, 4.69) is 0 Å². The van der Waals surface area contributed by atoms with Gasteiger partial charge in [-0.2, -0.15) is 0 Å². The van der Waals surface area contributed by atoms with Gasteiger partial charge in [-0.1, -0.05) is 30.3 Å². The second-order valence-electron chi connectivity index (χ2n) is 7.59. The molecule has 2 aromatic carbocycles. The van der Waals surface area contributed by atoms with E-state index in [-0.39, 0.29) is 36.1 Å². The number of carbonyl (C=O) groups is 3. The quantitative estimate of drug-likeness (QED) is 0.708. The summed E-state index contributed by atoms with van der Waals surface area (Å²) in [6.45, 7) is 1.92. The number of methoxy groups -OCH3 is 1. The highest BCUT2D eigenvalue weighted by Gasteiger charge is 2.48. The SMILES string of the molecule is COc1ccc(N2C(=O)CC(N(C(=O)C3CC3)C(C)c3ccccc3)C2=O)cc1. The average Bonchev–Trinajstić information content (AvgIpc) is 3.55. The zero-order valence-electron chi connectivity index (χ0n) is 16.6. The molecular formula is C23H24N2O4. The first kappa shape index (κ1) is 19.2. The van der Waals surface area contributed by atoms with Crippen LogP contribution in [0.25, 0.3) is 0 Å². The van der Waals surface area contributed by atoms with Crippen molar-refractivity contribution in [1.29, 1.82) is 0 Å². The molecule has 1 aliphatic heterocycles. The highest BCUT2D eigenvalue weighted by atomic mass is 16.5. The summed E-state index contributed by atoms with van der Waals surface area (Å²) >= 11 is 0. The fourth-order valence-electron chi connectivity index (χ4n) is 3.88. The van der Waals surface area contributed by atoms with Gasteiger partial charge in [-0.3, -0.25) is 14.4 Å². The van der Waals surface area contributed by atoms with Gasteiger partial charge in [0.2, 0.25) is 11.8 Å². The third-order valence-electron chi connectivity index (χ3n) is 5.67. The van der Waals surface area contributed by atoms with Crippen LogP contribution in [0.2, 0.25) is 0 Å². The zero-order valence-corrected chi connectivity index (χ0v) is 16.6. The van der Waals surface area contributed by atoms with E-state index in [1.54, 1.807) is 36.3 Å². The topological polar surface area (TPSA) is 66.9 Å². The van der Waals surface area contributed by atoms with Crippen LogP contribution in [0.5, 0.6) is 5.75 Å². The molecule has 2 aliphatic rings. The zero-order chi connectivity index (χ0) is 20.5. The maximum Gasteiger partial charge on any atom is 0.257 e. The Hall–Kier alpha value is -3.15. The molecular weight excluding hydrogens is 368 g/mol. The first-order valence-electron chi connectivity index (χ1n) is 9.89. The molecule has 0 N–H and O–H groups in total. The first-order chi connectivity index (χ1) is 14.0. The van der Waals surface area contributed by atoms with Gasteiger partial charge in [-0.15, -0.1) is 0 Å². The lowest BCUT2D eigenvalue weighted by Gasteiger charge is -2.33. The number of hydrogen-bond donors (Lipinski definition) is 0. The smallest absolute Gasteiger partial charge is 0.257 e. The molecule has 3 amide bonds. The molecule has 0 radical (unpaired) electrons. The van der Waals surface area contributed by atoms with Crippen LogP contribution in [0, 0.1) is 5.92 Å². The van der Waals surface area contributed by atoms with Crippen molar-refractivity contribution in [3.8, 4) is 5.75 Å². The van der Waals surface area contributed by atoms with Crippen LogP contribution in [0.1, 0.15) is 37.8 Å². The summed E-state index contributed by atoms with van der Waals surface area (Å²) in [5, 5.41) is 0. The Bertz CT molecular complexity index is 922. The van der Waals surface area contributed by atoms with Gasteiger partial charge in [-0.05, 0) is 49.6 Å². The van der Waals surface area contributed by atoms with E-state index in [0.717, 1.165) is 18.4 Å². The molecule has 150 valence electrons. The minimum Gasteiger partial charge on any atom is -0.497 e. The summed E-state index contributed by atoms with van der Waals surface area (Å²) in [5.41, 5.74) is 1.44. The third-order valence-corrected chi connectivity index (χ3v) is 5.67. The molecule has 0 bridgehead atoms. The Balaban J connectivity index is 1.65. The van der Waals surface area contributed by atoms with Crippen molar-refractivity contribution in [2.45, 2.75) is 38.3 Å². The molecule has 1 heterocycles. The highest BCUT2D eigenvalue weighted by Crippen LogP contribution is 2.38. The van der Waals surface area contributed by atoms with Crippen LogP contribution in [0.3, 0.4) is 0 Å². The van der Waals surface area contributed by atoms with E-state index in [1.807, 2.05) is 37.3 Å². The van der Waals surface area contributed by atoms with Gasteiger partial charge in [-0.25, -0.2) is 4.90 Å². The molecule has 1 saturated heterocycles. The van der Waals surface area contributed by atoms with Gasteiger partial charge in [0.15, 0.2) is 0 Å². The van der Waals surface area contributed by atoms with Gasteiger partial charge >= 0.3 is 0 Å². The maximum atomic E-state index is 13.3. The number of anilines is 1. The number of carbonyl (C=O) groups excluding carboxylic acids is 3. The summed E-state index contributed by atoms with van der Waals surface area (Å²) in [7, 11) is 1.56. The Morgan fingerprint density at radius 2 is 1.72 bits per heavy atom. The minimum atomic E-state index is -0.784. The van der Waals surface area contributed by atoms with Gasteiger partial charge in [0.1, 0.15) is 11.8 Å². The molecule has 0 spiro atoms. The summed E-state index contributed by atoms with van der Waals surface area (Å²) in [6.07, 6.45) is 1.68. The second kappa shape index (κ2) is 7.70. The van der Waals surface area contributed by atoms with Crippen LogP contribution < -0.4 is 9.64 Å². The summed E-state index contributed by atoms with van der Waals surface area (Å²) in [5.74, 6) is -0.0770. The molecule has 1 aliphatic carbocycles. The van der Waals surface area contributed by atoms with Crippen LogP contribution in [0.4, 0.5) is 5.69 Å². The largest absolute Gasteiger partial charge is 0.497 e. The van der Waals surface area contributed by atoms with Crippen molar-refractivity contribution < 1.29 is 19.1 Å². The molecule has 6 nitrogen and oxygen atoms in total. The lowest BCUT2D eigenvalue weighted by atomic mass is 10.0. The van der Waals surface area contributed by atoms with Gasteiger partial charge < -0.3 is 9.64 Å². The van der Waals surface area contributed by atoms with Crippen molar-refractivity contribution in [3.05, 3.63) is 60.2 Å². The molecule has 6 heteroatoms. The minimum absolute atomic E-state index is 0.000492. The van der Waals surface area contributed by atoms with E-state index in [4.69, 9.17) is 4.74 Å². The lowest BCUT2D eigenvalue weighted by molar-refractivity contribution is -0.142. The van der Waals surface area contributed by atoms with E-state index in [9.17, 15) is 14.4 Å². The number of imide groups is 1. The first-order valence-corrected chi connectivity index (χ1v) is 9.89. The molecule has 2 aromatic rings. The van der Waals surface area contributed by atoms with E-state index in [1.165, 1.54) is 4.90 Å². The Morgan fingerprint density at radius 3 is 2.31 bits per heavy atom. The van der Waals surface area contributed by atoms with Crippen molar-refractivity contribution in [1.82, 2.24) is 4.90 Å². The van der Waals surface area contributed by atoms with Gasteiger partial charge in [0, 0.05) is 5.92 Å². The standard InChI is InChI=1S/C23H24N2O4/c1-15(16-6-4-3-5-7-16)24(22(27)17-8-9-17)20-14-21(26)25(23(20)28)18-10-12-19(29-2)13-11-18/h3-7,10-13,15,17,20H,8-9,14H2,1-2H3. The molecule has 1 saturated carbocycles. The number of amides is 3. The van der Waals surface area contributed by atoms with Crippen molar-refractivity contribution in [3.63, 3.8) is 0 Å². The predicted molar refractivity (Wildman–Crippen MR) is 108 cm³/mol. The van der Waals surface area contributed by atoms with E-state index in [0.29, 0.717) is 11.4 Å². The third kappa shape index (κ3) is 3.62. The molecule has 4 rings (SSSR count). The van der Waals surface area contributed by atoms with Crippen LogP contribution in [-0.4, -0.2) is 35.8 Å². The number of rotatable bonds is 6. The lowest BCUT2D eigenvalue weighted by Crippen LogP contribution is -2.47. The Kier molecular flexibility index (Phi) is 5.09. The summed E-state index contributed by atoms with van der Waals surface area (Å²) in [4.78, 5) is 42.0. The monoisotopic (exact) mass is 392 g/mol. The molecule has 29 heavy (non-hydrogen) atoms. The van der Waals surface area contributed by atoms with Crippen molar-refractivity contribution >= 4 is 23.4 Å².